The fourth-order valence-corrected chi connectivity index (χ4v) is 5.38. The summed E-state index contributed by atoms with van der Waals surface area (Å²) in [6, 6.07) is 0. The van der Waals surface area contributed by atoms with Crippen molar-refractivity contribution in [3.8, 4) is 0 Å². The van der Waals surface area contributed by atoms with E-state index in [1.807, 2.05) is 65.1 Å². The van der Waals surface area contributed by atoms with Gasteiger partial charge < -0.3 is 39.1 Å². The number of hydrogen-bond donors (Lipinski definition) is 2. The maximum Gasteiger partial charge on any atom is 0.410 e. The van der Waals surface area contributed by atoms with Crippen molar-refractivity contribution in [1.82, 2.24) is 14.7 Å². The quantitative estimate of drug-likeness (QED) is 0.203. The highest BCUT2D eigenvalue weighted by molar-refractivity contribution is 5.70. The van der Waals surface area contributed by atoms with E-state index in [9.17, 15) is 24.6 Å². The van der Waals surface area contributed by atoms with E-state index < -0.39 is 36.5 Å². The average molecular weight is 606 g/mol. The standard InChI is InChI=1S/C32H51N3O8/c1-22(21-41-31(39)35-14-13-27(37)20-35)7-6-8-24(3)30-25(4)10-12-28(23(2)9-11-26(36)19-29(38)43-30)42-32(40)34-17-15-33(5)16-18-34/h6-8,10,12,22-23,25-28,30,36-37H,9,11,13-21H2,1-5H3/b7-6+,12-10+,24-8+/t22-,23-,25+,26+,27-,28-,30-/m1/s1. The Morgan fingerprint density at radius 2 is 1.74 bits per heavy atom. The number of nitrogens with zero attached hydrogens (tertiary/aromatic N) is 3. The Morgan fingerprint density at radius 1 is 1.02 bits per heavy atom. The summed E-state index contributed by atoms with van der Waals surface area (Å²) in [6.45, 7) is 11.6. The second-order valence-corrected chi connectivity index (χ2v) is 12.4. The van der Waals surface area contributed by atoms with Crippen molar-refractivity contribution in [2.45, 2.75) is 77.8 Å². The van der Waals surface area contributed by atoms with Crippen molar-refractivity contribution in [3.05, 3.63) is 36.0 Å². The van der Waals surface area contributed by atoms with Gasteiger partial charge in [0.25, 0.3) is 0 Å². The van der Waals surface area contributed by atoms with Gasteiger partial charge in [0.2, 0.25) is 0 Å². The molecule has 3 aliphatic rings. The number of cyclic esters (lactones) is 1. The molecule has 11 nitrogen and oxygen atoms in total. The molecule has 242 valence electrons. The number of esters is 1. The van der Waals surface area contributed by atoms with Crippen molar-refractivity contribution < 1.29 is 38.8 Å². The van der Waals surface area contributed by atoms with Crippen molar-refractivity contribution in [1.29, 1.82) is 0 Å². The third-order valence-electron chi connectivity index (χ3n) is 8.40. The summed E-state index contributed by atoms with van der Waals surface area (Å²) in [4.78, 5) is 43.3. The van der Waals surface area contributed by atoms with Crippen LogP contribution < -0.4 is 0 Å². The minimum atomic E-state index is -0.847. The lowest BCUT2D eigenvalue weighted by atomic mass is 9.92. The fourth-order valence-electron chi connectivity index (χ4n) is 5.38. The molecule has 3 rings (SSSR count). The number of aliphatic hydroxyl groups is 2. The summed E-state index contributed by atoms with van der Waals surface area (Å²) < 4.78 is 17.2. The highest BCUT2D eigenvalue weighted by Crippen LogP contribution is 2.25. The Labute approximate surface area is 256 Å². The van der Waals surface area contributed by atoms with Crippen LogP contribution in [-0.2, 0) is 19.0 Å². The molecule has 0 unspecified atom stereocenters. The summed E-state index contributed by atoms with van der Waals surface area (Å²) in [5.74, 6) is -0.789. The van der Waals surface area contributed by atoms with E-state index in [4.69, 9.17) is 14.2 Å². The molecule has 0 radical (unpaired) electrons. The summed E-state index contributed by atoms with van der Waals surface area (Å²) in [5.41, 5.74) is 0.808. The number of piperazine rings is 1. The topological polar surface area (TPSA) is 129 Å². The molecule has 0 saturated carbocycles. The fraction of sp³-hybridized carbons (Fsp3) is 0.719. The summed E-state index contributed by atoms with van der Waals surface area (Å²) >= 11 is 0. The number of carbonyl (C=O) groups excluding carboxylic acids is 3. The van der Waals surface area contributed by atoms with Crippen molar-refractivity contribution in [2.24, 2.45) is 17.8 Å². The second-order valence-electron chi connectivity index (χ2n) is 12.4. The van der Waals surface area contributed by atoms with Crippen LogP contribution in [-0.4, -0.2) is 120 Å². The smallest absolute Gasteiger partial charge is 0.410 e. The minimum Gasteiger partial charge on any atom is -0.457 e. The Balaban J connectivity index is 1.66. The monoisotopic (exact) mass is 605 g/mol. The zero-order chi connectivity index (χ0) is 31.5. The van der Waals surface area contributed by atoms with E-state index >= 15 is 0 Å². The molecule has 0 aromatic carbocycles. The zero-order valence-electron chi connectivity index (χ0n) is 26.4. The lowest BCUT2D eigenvalue weighted by molar-refractivity contribution is -0.151. The minimum absolute atomic E-state index is 0.0471. The van der Waals surface area contributed by atoms with Gasteiger partial charge in [0.1, 0.15) is 12.2 Å². The maximum atomic E-state index is 13.0. The zero-order valence-corrected chi connectivity index (χ0v) is 26.4. The first-order valence-corrected chi connectivity index (χ1v) is 15.6. The molecule has 0 aliphatic carbocycles. The van der Waals surface area contributed by atoms with Crippen molar-refractivity contribution in [3.63, 3.8) is 0 Å². The molecule has 2 saturated heterocycles. The highest BCUT2D eigenvalue weighted by Gasteiger charge is 2.29. The molecular weight excluding hydrogens is 554 g/mol. The highest BCUT2D eigenvalue weighted by atomic mass is 16.6. The second kappa shape index (κ2) is 16.8. The molecule has 7 atom stereocenters. The number of amides is 2. The van der Waals surface area contributed by atoms with Crippen LogP contribution >= 0.6 is 0 Å². The Morgan fingerprint density at radius 3 is 2.42 bits per heavy atom. The van der Waals surface area contributed by atoms with Gasteiger partial charge in [-0.05, 0) is 50.8 Å². The lowest BCUT2D eigenvalue weighted by Crippen LogP contribution is -2.48. The molecular formula is C32H51N3O8. The number of rotatable bonds is 6. The normalized spacial score (nSPS) is 31.6. The largest absolute Gasteiger partial charge is 0.457 e. The van der Waals surface area contributed by atoms with E-state index in [0.717, 1.165) is 18.7 Å². The number of β-amino-alcohol motifs (C(OH)–C–C–N with tert-alkyl or cyclic N) is 1. The number of likely N-dealkylation sites (N-methyl/N-ethyl adjacent to an activating group) is 1. The molecule has 11 heteroatoms. The third-order valence-corrected chi connectivity index (χ3v) is 8.40. The first kappa shape index (κ1) is 34.6. The number of likely N-dealkylation sites (tertiary alicyclic amines) is 1. The van der Waals surface area contributed by atoms with Crippen LogP contribution in [0, 0.1) is 17.8 Å². The van der Waals surface area contributed by atoms with Crippen LogP contribution in [0.5, 0.6) is 0 Å². The van der Waals surface area contributed by atoms with Gasteiger partial charge in [0.15, 0.2) is 0 Å². The number of hydrogen-bond acceptors (Lipinski definition) is 9. The first-order chi connectivity index (χ1) is 20.4. The van der Waals surface area contributed by atoms with Crippen molar-refractivity contribution in [2.75, 3.05) is 52.9 Å². The third kappa shape index (κ3) is 11.3. The molecule has 2 fully saturated rings. The van der Waals surface area contributed by atoms with E-state index in [-0.39, 0.29) is 36.9 Å². The van der Waals surface area contributed by atoms with Crippen LogP contribution in [0.25, 0.3) is 0 Å². The van der Waals surface area contributed by atoms with Gasteiger partial charge in [0.05, 0.1) is 25.2 Å². The lowest BCUT2D eigenvalue weighted by Gasteiger charge is -2.33. The number of ether oxygens (including phenoxy) is 3. The van der Waals surface area contributed by atoms with Crippen LogP contribution in [0.4, 0.5) is 9.59 Å². The predicted octanol–water partition coefficient (Wildman–Crippen LogP) is 3.37. The van der Waals surface area contributed by atoms with Crippen LogP contribution in [0.3, 0.4) is 0 Å². The molecule has 0 bridgehead atoms. The van der Waals surface area contributed by atoms with Gasteiger partial charge >= 0.3 is 18.2 Å². The van der Waals surface area contributed by atoms with Crippen LogP contribution in [0.15, 0.2) is 36.0 Å². The molecule has 0 aromatic heterocycles. The molecule has 3 heterocycles. The van der Waals surface area contributed by atoms with E-state index in [0.29, 0.717) is 45.4 Å². The first-order valence-electron chi connectivity index (χ1n) is 15.6. The number of aliphatic hydroxyl groups excluding tert-OH is 2. The van der Waals surface area contributed by atoms with Crippen LogP contribution in [0.1, 0.15) is 53.4 Å². The van der Waals surface area contributed by atoms with Gasteiger partial charge in [0, 0.05) is 51.1 Å². The Hall–Kier alpha value is -2.89. The summed E-state index contributed by atoms with van der Waals surface area (Å²) in [6.07, 6.45) is 7.74. The molecule has 0 spiro atoms. The van der Waals surface area contributed by atoms with Gasteiger partial charge in [-0.25, -0.2) is 9.59 Å². The maximum absolute atomic E-state index is 13.0. The summed E-state index contributed by atoms with van der Waals surface area (Å²) in [5, 5.41) is 20.1. The molecule has 43 heavy (non-hydrogen) atoms. The van der Waals surface area contributed by atoms with Gasteiger partial charge in [-0.1, -0.05) is 45.1 Å². The Kier molecular flexibility index (Phi) is 13.5. The van der Waals surface area contributed by atoms with Gasteiger partial charge in [-0.3, -0.25) is 4.79 Å². The average Bonchev–Trinajstić information content (AvgIpc) is 3.41. The number of carbonyl (C=O) groups is 3. The van der Waals surface area contributed by atoms with E-state index in [2.05, 4.69) is 4.90 Å². The molecule has 2 amide bonds. The Bertz CT molecular complexity index is 1020. The van der Waals surface area contributed by atoms with E-state index in [1.165, 1.54) is 4.90 Å². The van der Waals surface area contributed by atoms with Crippen LogP contribution in [0.2, 0.25) is 0 Å². The SMILES string of the molecule is C/C(=C\C=C\[C@@H](C)COC(=O)N1CC[C@@H](O)C1)[C@H]1OC(=O)C[C@@H](O)CC[C@@H](C)[C@H](OC(=O)N2CCN(C)CC2)/C=C/[C@@H]1C. The molecule has 2 N–H and O–H groups in total. The summed E-state index contributed by atoms with van der Waals surface area (Å²) in [7, 11) is 2.03. The molecule has 0 aromatic rings. The predicted molar refractivity (Wildman–Crippen MR) is 162 cm³/mol. The number of allylic oxidation sites excluding steroid dienone is 2. The van der Waals surface area contributed by atoms with Gasteiger partial charge in [-0.2, -0.15) is 0 Å². The molecule has 3 aliphatic heterocycles. The van der Waals surface area contributed by atoms with E-state index in [1.54, 1.807) is 4.90 Å². The van der Waals surface area contributed by atoms with Gasteiger partial charge in [-0.15, -0.1) is 0 Å². The van der Waals surface area contributed by atoms with Crippen molar-refractivity contribution >= 4 is 18.2 Å².